The van der Waals surface area contributed by atoms with E-state index < -0.39 is 68.6 Å². The summed E-state index contributed by atoms with van der Waals surface area (Å²) in [4.78, 5) is 63.0. The van der Waals surface area contributed by atoms with Crippen molar-refractivity contribution in [2.45, 2.75) is 113 Å². The third-order valence-corrected chi connectivity index (χ3v) is 13.1. The molecule has 7 rings (SSSR count). The number of fused-ring (bicyclic) bond motifs is 3. The van der Waals surface area contributed by atoms with Crippen LogP contribution in [-0.4, -0.2) is 82.5 Å². The molecular formula is C35H43FN6O7S2. The van der Waals surface area contributed by atoms with Gasteiger partial charge in [-0.05, 0) is 56.6 Å². The van der Waals surface area contributed by atoms with E-state index in [2.05, 4.69) is 20.3 Å². The summed E-state index contributed by atoms with van der Waals surface area (Å²) >= 11 is 1.39. The standard InChI is InChI=1S/C35H43FN6O7S2/c1-2-23-20-50-33(37-23)38-28-12-7-5-3-4-6-10-22-16-35(22,32(45)40-51(47,48)25-13-14-25)39-30(43)29-15-24(18-42(29)31(28)44)49-34(46)41-17-21-9-8-11-27(36)26(21)19-41/h6,8-11,20,22,24-25,28-29H,2-5,7,12-19H2,1H3,(H,37,38)(H,39,43)(H,40,45)/b10-6-/t22-,24+,28-,29-,35-/m0/s1. The Morgan fingerprint density at radius 2 is 1.98 bits per heavy atom. The topological polar surface area (TPSA) is 167 Å². The molecule has 3 fully saturated rings. The van der Waals surface area contributed by atoms with E-state index in [1.165, 1.54) is 27.2 Å². The second-order valence-electron chi connectivity index (χ2n) is 14.2. The van der Waals surface area contributed by atoms with Gasteiger partial charge in [-0.15, -0.1) is 11.3 Å². The summed E-state index contributed by atoms with van der Waals surface area (Å²) in [5.74, 6) is -2.63. The predicted molar refractivity (Wildman–Crippen MR) is 186 cm³/mol. The number of carbonyl (C=O) groups excluding carboxylic acids is 4. The number of ether oxygens (including phenoxy) is 1. The van der Waals surface area contributed by atoms with Crippen molar-refractivity contribution in [3.05, 3.63) is 58.4 Å². The zero-order valence-corrected chi connectivity index (χ0v) is 30.1. The van der Waals surface area contributed by atoms with Gasteiger partial charge in [-0.2, -0.15) is 0 Å². The number of benzene rings is 1. The molecular weight excluding hydrogens is 700 g/mol. The van der Waals surface area contributed by atoms with Crippen LogP contribution in [0.25, 0.3) is 0 Å². The Hall–Kier alpha value is -4.05. The highest BCUT2D eigenvalue weighted by Gasteiger charge is 2.62. The van der Waals surface area contributed by atoms with Gasteiger partial charge in [0.25, 0.3) is 5.91 Å². The van der Waals surface area contributed by atoms with Gasteiger partial charge < -0.3 is 20.3 Å². The third-order valence-electron chi connectivity index (χ3n) is 10.5. The summed E-state index contributed by atoms with van der Waals surface area (Å²) < 4.78 is 48.0. The second kappa shape index (κ2) is 14.2. The molecule has 4 heterocycles. The molecule has 13 nitrogen and oxygen atoms in total. The third kappa shape index (κ3) is 7.48. The van der Waals surface area contributed by atoms with Crippen LogP contribution in [0.2, 0.25) is 0 Å². The number of nitrogens with zero attached hydrogens (tertiary/aromatic N) is 3. The van der Waals surface area contributed by atoms with Gasteiger partial charge in [0.1, 0.15) is 29.5 Å². The average molecular weight is 743 g/mol. The lowest BCUT2D eigenvalue weighted by Crippen LogP contribution is -2.57. The Balaban J connectivity index is 1.14. The average Bonchev–Trinajstić information content (AvgIpc) is 3.90. The number of thiazole rings is 1. The van der Waals surface area contributed by atoms with E-state index in [1.807, 2.05) is 24.5 Å². The van der Waals surface area contributed by atoms with E-state index in [0.29, 0.717) is 35.5 Å². The number of hydrogen-bond donors (Lipinski definition) is 3. The van der Waals surface area contributed by atoms with Crippen molar-refractivity contribution in [2.24, 2.45) is 5.92 Å². The smallest absolute Gasteiger partial charge is 0.410 e. The number of amides is 4. The minimum absolute atomic E-state index is 0.0377. The molecule has 1 saturated heterocycles. The summed E-state index contributed by atoms with van der Waals surface area (Å²) in [6.07, 6.45) is 7.73. The molecule has 51 heavy (non-hydrogen) atoms. The van der Waals surface area contributed by atoms with Crippen LogP contribution in [0.3, 0.4) is 0 Å². The van der Waals surface area contributed by atoms with Crippen molar-refractivity contribution >= 4 is 50.3 Å². The monoisotopic (exact) mass is 742 g/mol. The van der Waals surface area contributed by atoms with Crippen LogP contribution < -0.4 is 15.4 Å². The number of allylic oxidation sites excluding steroid dienone is 1. The van der Waals surface area contributed by atoms with E-state index in [1.54, 1.807) is 12.1 Å². The molecule has 0 unspecified atom stereocenters. The largest absolute Gasteiger partial charge is 0.444 e. The van der Waals surface area contributed by atoms with Crippen molar-refractivity contribution in [3.63, 3.8) is 0 Å². The maximum Gasteiger partial charge on any atom is 0.410 e. The normalized spacial score (nSPS) is 28.7. The number of anilines is 1. The lowest BCUT2D eigenvalue weighted by atomic mass is 10.1. The molecule has 0 bridgehead atoms. The van der Waals surface area contributed by atoms with Crippen molar-refractivity contribution in [1.29, 1.82) is 0 Å². The lowest BCUT2D eigenvalue weighted by molar-refractivity contribution is -0.140. The van der Waals surface area contributed by atoms with E-state index >= 15 is 0 Å². The fourth-order valence-corrected chi connectivity index (χ4v) is 9.47. The van der Waals surface area contributed by atoms with Crippen molar-refractivity contribution in [3.8, 4) is 0 Å². The summed E-state index contributed by atoms with van der Waals surface area (Å²) in [6.45, 7) is 2.12. The highest BCUT2D eigenvalue weighted by Crippen LogP contribution is 2.46. The fraction of sp³-hybridized carbons (Fsp3) is 0.571. The molecule has 2 aromatic rings. The number of aromatic nitrogens is 1. The van der Waals surface area contributed by atoms with Gasteiger partial charge in [-0.25, -0.2) is 22.6 Å². The van der Waals surface area contributed by atoms with E-state index in [-0.39, 0.29) is 38.4 Å². The first kappa shape index (κ1) is 35.4. The Morgan fingerprint density at radius 1 is 1.16 bits per heavy atom. The molecule has 1 aromatic heterocycles. The number of carbonyl (C=O) groups is 4. The van der Waals surface area contributed by atoms with Crippen LogP contribution in [0.1, 0.15) is 81.5 Å². The number of hydrogen-bond acceptors (Lipinski definition) is 10. The zero-order valence-electron chi connectivity index (χ0n) is 28.4. The number of halogens is 1. The number of aryl methyl sites for hydroxylation is 1. The molecule has 0 spiro atoms. The van der Waals surface area contributed by atoms with Crippen LogP contribution in [0.15, 0.2) is 35.7 Å². The number of sulfonamides is 1. The Labute approximate surface area is 300 Å². The highest BCUT2D eigenvalue weighted by atomic mass is 32.2. The minimum Gasteiger partial charge on any atom is -0.444 e. The van der Waals surface area contributed by atoms with E-state index in [0.717, 1.165) is 37.8 Å². The first-order chi connectivity index (χ1) is 24.5. The molecule has 5 aliphatic rings. The predicted octanol–water partition coefficient (Wildman–Crippen LogP) is 3.75. The molecule has 2 aliphatic carbocycles. The molecule has 5 atom stereocenters. The minimum atomic E-state index is -3.89. The summed E-state index contributed by atoms with van der Waals surface area (Å²) in [5.41, 5.74) is 0.494. The lowest BCUT2D eigenvalue weighted by Gasteiger charge is -2.29. The van der Waals surface area contributed by atoms with Crippen molar-refractivity contribution in [1.82, 2.24) is 24.8 Å². The van der Waals surface area contributed by atoms with Gasteiger partial charge in [0.05, 0.1) is 24.0 Å². The molecule has 2 saturated carbocycles. The SMILES string of the molecule is CCc1csc(N[C@H]2CCCCC/C=C\[C@H]3C[C@]3(C(=O)NS(=O)(=O)C3CC3)NC(=O)[C@@H]3C[C@@H](OC(=O)N4Cc5cccc(F)c5C4)CN3C2=O)n1. The quantitative estimate of drug-likeness (QED) is 0.358. The van der Waals surface area contributed by atoms with E-state index in [9.17, 15) is 32.0 Å². The number of rotatable bonds is 7. The van der Waals surface area contributed by atoms with Crippen LogP contribution in [0.5, 0.6) is 0 Å². The van der Waals surface area contributed by atoms with Gasteiger partial charge in [-0.1, -0.05) is 44.1 Å². The fourth-order valence-electron chi connectivity index (χ4n) is 7.26. The van der Waals surface area contributed by atoms with Crippen molar-refractivity contribution < 1.29 is 36.7 Å². The molecule has 4 amide bonds. The molecule has 16 heteroatoms. The molecule has 0 radical (unpaired) electrons. The Kier molecular flexibility index (Phi) is 9.82. The van der Waals surface area contributed by atoms with Crippen LogP contribution in [0.4, 0.5) is 14.3 Å². The number of nitrogens with one attached hydrogen (secondary N) is 3. The molecule has 1 aromatic carbocycles. The van der Waals surface area contributed by atoms with Gasteiger partial charge in [0.2, 0.25) is 21.8 Å². The van der Waals surface area contributed by atoms with Gasteiger partial charge in [0, 0.05) is 29.8 Å². The Morgan fingerprint density at radius 3 is 2.73 bits per heavy atom. The zero-order chi connectivity index (χ0) is 35.9. The van der Waals surface area contributed by atoms with Crippen LogP contribution in [0, 0.1) is 11.7 Å². The van der Waals surface area contributed by atoms with Crippen LogP contribution in [-0.2, 0) is 48.7 Å². The molecule has 3 aliphatic heterocycles. The maximum atomic E-state index is 14.4. The van der Waals surface area contributed by atoms with Crippen LogP contribution >= 0.6 is 11.3 Å². The summed E-state index contributed by atoms with van der Waals surface area (Å²) in [6, 6.07) is 2.84. The summed E-state index contributed by atoms with van der Waals surface area (Å²) in [7, 11) is -3.89. The Bertz CT molecular complexity index is 1850. The molecule has 274 valence electrons. The first-order valence-electron chi connectivity index (χ1n) is 17.8. The summed E-state index contributed by atoms with van der Waals surface area (Å²) in [5, 5.41) is 8.03. The van der Waals surface area contributed by atoms with E-state index in [4.69, 9.17) is 4.74 Å². The van der Waals surface area contributed by atoms with Crippen molar-refractivity contribution in [2.75, 3.05) is 11.9 Å². The maximum absolute atomic E-state index is 14.4. The van der Waals surface area contributed by atoms with Gasteiger partial charge in [-0.3, -0.25) is 24.0 Å². The molecule has 3 N–H and O–H groups in total. The van der Waals surface area contributed by atoms with Gasteiger partial charge >= 0.3 is 6.09 Å². The second-order valence-corrected chi connectivity index (χ2v) is 17.0. The first-order valence-corrected chi connectivity index (χ1v) is 20.2. The van der Waals surface area contributed by atoms with Gasteiger partial charge in [0.15, 0.2) is 5.13 Å². The highest BCUT2D eigenvalue weighted by molar-refractivity contribution is 7.91.